The predicted octanol–water partition coefficient (Wildman–Crippen LogP) is 5.53. The molecule has 1 saturated heterocycles. The lowest BCUT2D eigenvalue weighted by Crippen LogP contribution is -2.40. The second-order valence-corrected chi connectivity index (χ2v) is 10.2. The molecule has 0 bridgehead atoms. The molecule has 2 aliphatic rings. The van der Waals surface area contributed by atoms with Crippen LogP contribution in [0, 0.1) is 11.6 Å². The Labute approximate surface area is 215 Å². The van der Waals surface area contributed by atoms with E-state index in [-0.39, 0.29) is 18.0 Å². The summed E-state index contributed by atoms with van der Waals surface area (Å²) in [6.45, 7) is 1.81. The Balaban J connectivity index is 1.68. The maximum absolute atomic E-state index is 14.2. The molecule has 37 heavy (non-hydrogen) atoms. The molecule has 2 aromatic carbocycles. The van der Waals surface area contributed by atoms with E-state index in [1.165, 1.54) is 17.5 Å². The number of hydrogen-bond acceptors (Lipinski definition) is 5. The molecule has 1 amide bonds. The van der Waals surface area contributed by atoms with Crippen molar-refractivity contribution in [2.24, 2.45) is 11.6 Å². The van der Waals surface area contributed by atoms with Crippen LogP contribution >= 0.6 is 0 Å². The number of allylic oxidation sites excluding steroid dienone is 1. The number of fused-ring (bicyclic) bond motifs is 1. The maximum Gasteiger partial charge on any atom is 0.227 e. The number of carbonyl (C=O) groups excluding carboxylic acids is 1. The molecule has 0 radical (unpaired) electrons. The van der Waals surface area contributed by atoms with Crippen molar-refractivity contribution < 1.29 is 13.6 Å². The fourth-order valence-corrected chi connectivity index (χ4v) is 6.01. The van der Waals surface area contributed by atoms with Gasteiger partial charge in [-0.2, -0.15) is 0 Å². The molecule has 1 aliphatic carbocycles. The van der Waals surface area contributed by atoms with E-state index in [4.69, 9.17) is 16.6 Å². The monoisotopic (exact) mass is 508 g/mol. The average molecular weight is 509 g/mol. The lowest BCUT2D eigenvalue weighted by Gasteiger charge is -2.37. The molecule has 0 spiro atoms. The first-order chi connectivity index (χ1) is 17.8. The maximum atomic E-state index is 14.2. The van der Waals surface area contributed by atoms with Crippen molar-refractivity contribution in [3.05, 3.63) is 65.1 Å². The first-order valence-corrected chi connectivity index (χ1v) is 13.0. The Kier molecular flexibility index (Phi) is 6.90. The number of hydrogen-bond donors (Lipinski definition) is 2. The average Bonchev–Trinajstić information content (AvgIpc) is 3.24. The second kappa shape index (κ2) is 10.1. The molecule has 1 aliphatic heterocycles. The van der Waals surface area contributed by atoms with Gasteiger partial charge in [0.1, 0.15) is 5.82 Å². The number of carbonyl (C=O) groups is 1. The van der Waals surface area contributed by atoms with Crippen LogP contribution in [0.4, 0.5) is 14.5 Å². The van der Waals surface area contributed by atoms with E-state index < -0.39 is 11.6 Å². The SMILES string of the molecule is C/C(N)=C(\c1ccc2c(c1)nc([C@@H]1CCCC(=O)N1c1ccc(F)c(F)c1)n2C1CCCCC1)N(C)N. The Morgan fingerprint density at radius 3 is 2.46 bits per heavy atom. The normalized spacial score (nSPS) is 19.9. The molecule has 9 heteroatoms. The quantitative estimate of drug-likeness (QED) is 0.349. The number of nitrogens with zero attached hydrogens (tertiary/aromatic N) is 4. The second-order valence-electron chi connectivity index (χ2n) is 10.2. The number of rotatable bonds is 5. The van der Waals surface area contributed by atoms with Crippen LogP contribution < -0.4 is 16.5 Å². The van der Waals surface area contributed by atoms with Gasteiger partial charge in [0.15, 0.2) is 11.6 Å². The summed E-state index contributed by atoms with van der Waals surface area (Å²) in [5.74, 6) is 4.84. The minimum absolute atomic E-state index is 0.112. The van der Waals surface area contributed by atoms with Crippen molar-refractivity contribution in [2.75, 3.05) is 11.9 Å². The van der Waals surface area contributed by atoms with Gasteiger partial charge < -0.3 is 20.2 Å². The number of amides is 1. The highest BCUT2D eigenvalue weighted by Crippen LogP contribution is 2.41. The summed E-state index contributed by atoms with van der Waals surface area (Å²) in [6, 6.07) is 9.56. The van der Waals surface area contributed by atoms with Gasteiger partial charge in [-0.25, -0.2) is 19.6 Å². The van der Waals surface area contributed by atoms with Gasteiger partial charge in [-0.15, -0.1) is 0 Å². The van der Waals surface area contributed by atoms with Gasteiger partial charge in [-0.3, -0.25) is 4.79 Å². The number of piperidine rings is 1. The number of hydrazine groups is 1. The smallest absolute Gasteiger partial charge is 0.227 e. The van der Waals surface area contributed by atoms with E-state index in [0.29, 0.717) is 36.3 Å². The molecule has 1 atom stereocenters. The van der Waals surface area contributed by atoms with E-state index in [0.717, 1.165) is 60.2 Å². The fraction of sp³-hybridized carbons (Fsp3) is 0.429. The summed E-state index contributed by atoms with van der Waals surface area (Å²) < 4.78 is 30.2. The molecule has 5 rings (SSSR count). The van der Waals surface area contributed by atoms with E-state index in [1.54, 1.807) is 11.9 Å². The number of imidazole rings is 1. The zero-order valence-electron chi connectivity index (χ0n) is 21.4. The first-order valence-electron chi connectivity index (χ1n) is 13.0. The Morgan fingerprint density at radius 1 is 1.03 bits per heavy atom. The summed E-state index contributed by atoms with van der Waals surface area (Å²) in [6.07, 6.45) is 7.29. The third-order valence-corrected chi connectivity index (χ3v) is 7.58. The highest BCUT2D eigenvalue weighted by atomic mass is 19.2. The molecule has 0 unspecified atom stereocenters. The van der Waals surface area contributed by atoms with Crippen LogP contribution in [0.1, 0.15) is 81.8 Å². The summed E-state index contributed by atoms with van der Waals surface area (Å²) >= 11 is 0. The standard InChI is InChI=1S/C28H34F2N6O/c1-17(31)27(34(2)32)18-11-14-24-23(15-18)33-28(36(24)19-7-4-3-5-8-19)25-9-6-10-26(37)35(25)20-12-13-21(29)22(30)16-20/h11-16,19,25H,3-10,31-32H2,1-2H3/b27-17-/t25-/m0/s1. The molecular weight excluding hydrogens is 474 g/mol. The number of anilines is 1. The molecule has 1 saturated carbocycles. The number of nitrogens with two attached hydrogens (primary N) is 2. The van der Waals surface area contributed by atoms with Crippen LogP contribution in [0.3, 0.4) is 0 Å². The fourth-order valence-electron chi connectivity index (χ4n) is 6.01. The number of halogens is 2. The zero-order chi connectivity index (χ0) is 26.3. The summed E-state index contributed by atoms with van der Waals surface area (Å²) in [5, 5.41) is 1.50. The summed E-state index contributed by atoms with van der Waals surface area (Å²) in [4.78, 5) is 19.9. The molecule has 3 aromatic rings. The number of benzene rings is 2. The Bertz CT molecular complexity index is 1350. The molecule has 7 nitrogen and oxygen atoms in total. The highest BCUT2D eigenvalue weighted by Gasteiger charge is 2.36. The van der Waals surface area contributed by atoms with Gasteiger partial charge in [-0.1, -0.05) is 25.3 Å². The van der Waals surface area contributed by atoms with Gasteiger partial charge in [0.05, 0.1) is 22.8 Å². The van der Waals surface area contributed by atoms with E-state index >= 15 is 0 Å². The summed E-state index contributed by atoms with van der Waals surface area (Å²) in [5.41, 5.74) is 10.4. The third kappa shape index (κ3) is 4.68. The van der Waals surface area contributed by atoms with Crippen molar-refractivity contribution >= 4 is 28.3 Å². The van der Waals surface area contributed by atoms with E-state index in [9.17, 15) is 13.6 Å². The molecule has 1 aromatic heterocycles. The van der Waals surface area contributed by atoms with Gasteiger partial charge in [0.25, 0.3) is 0 Å². The summed E-state index contributed by atoms with van der Waals surface area (Å²) in [7, 11) is 1.75. The largest absolute Gasteiger partial charge is 0.401 e. The van der Waals surface area contributed by atoms with Crippen LogP contribution in [0.15, 0.2) is 42.1 Å². The van der Waals surface area contributed by atoms with Gasteiger partial charge >= 0.3 is 0 Å². The topological polar surface area (TPSA) is 93.4 Å². The van der Waals surface area contributed by atoms with Crippen LogP contribution in [0.2, 0.25) is 0 Å². The minimum atomic E-state index is -0.970. The third-order valence-electron chi connectivity index (χ3n) is 7.58. The van der Waals surface area contributed by atoms with Crippen molar-refractivity contribution in [3.8, 4) is 0 Å². The van der Waals surface area contributed by atoms with Crippen LogP contribution in [0.5, 0.6) is 0 Å². The van der Waals surface area contributed by atoms with Gasteiger partial charge in [-0.05, 0) is 56.9 Å². The Morgan fingerprint density at radius 2 is 1.78 bits per heavy atom. The molecule has 4 N–H and O–H groups in total. The zero-order valence-corrected chi connectivity index (χ0v) is 21.4. The van der Waals surface area contributed by atoms with Crippen LogP contribution in [0.25, 0.3) is 16.7 Å². The predicted molar refractivity (Wildman–Crippen MR) is 141 cm³/mol. The number of aromatic nitrogens is 2. The van der Waals surface area contributed by atoms with E-state index in [1.807, 2.05) is 19.1 Å². The molecule has 196 valence electrons. The Hall–Kier alpha value is -3.46. The first kappa shape index (κ1) is 25.2. The van der Waals surface area contributed by atoms with Crippen molar-refractivity contribution in [1.29, 1.82) is 0 Å². The van der Waals surface area contributed by atoms with E-state index in [2.05, 4.69) is 10.6 Å². The molecule has 2 heterocycles. The van der Waals surface area contributed by atoms with Crippen molar-refractivity contribution in [2.45, 2.75) is 70.4 Å². The lowest BCUT2D eigenvalue weighted by molar-refractivity contribution is -0.120. The minimum Gasteiger partial charge on any atom is -0.401 e. The van der Waals surface area contributed by atoms with Crippen LogP contribution in [-0.2, 0) is 4.79 Å². The molecular formula is C28H34F2N6O. The lowest BCUT2D eigenvalue weighted by atomic mass is 9.94. The van der Waals surface area contributed by atoms with Crippen LogP contribution in [-0.4, -0.2) is 27.5 Å². The van der Waals surface area contributed by atoms with Crippen molar-refractivity contribution in [1.82, 2.24) is 14.6 Å². The highest BCUT2D eigenvalue weighted by molar-refractivity contribution is 5.95. The molecule has 2 fully saturated rings. The van der Waals surface area contributed by atoms with Gasteiger partial charge in [0.2, 0.25) is 5.91 Å². The van der Waals surface area contributed by atoms with Gasteiger partial charge in [0, 0.05) is 42.5 Å². The van der Waals surface area contributed by atoms with Crippen molar-refractivity contribution in [3.63, 3.8) is 0 Å².